The van der Waals surface area contributed by atoms with Gasteiger partial charge in [0.1, 0.15) is 11.5 Å². The first-order valence-corrected chi connectivity index (χ1v) is 9.33. The van der Waals surface area contributed by atoms with Crippen molar-refractivity contribution in [2.75, 3.05) is 4.90 Å². The monoisotopic (exact) mass is 419 g/mol. The number of benzene rings is 2. The molecule has 1 aliphatic rings. The van der Waals surface area contributed by atoms with E-state index in [2.05, 4.69) is 5.16 Å². The number of aromatic nitrogens is 1. The predicted octanol–water partition coefficient (Wildman–Crippen LogP) is 3.83. The highest BCUT2D eigenvalue weighted by Crippen LogP contribution is 2.42. The minimum atomic E-state index is -1.12. The average molecular weight is 419 g/mol. The fourth-order valence-corrected chi connectivity index (χ4v) is 3.53. The van der Waals surface area contributed by atoms with Crippen molar-refractivity contribution in [3.8, 4) is 0 Å². The summed E-state index contributed by atoms with van der Waals surface area (Å²) in [6.07, 6.45) is 0. The molecule has 9 heteroatoms. The number of aryl methyl sites for hydroxylation is 2. The van der Waals surface area contributed by atoms with Crippen LogP contribution in [-0.2, 0) is 9.59 Å². The predicted molar refractivity (Wildman–Crippen MR) is 110 cm³/mol. The Morgan fingerprint density at radius 3 is 2.45 bits per heavy atom. The first-order valence-electron chi connectivity index (χ1n) is 9.33. The zero-order chi connectivity index (χ0) is 22.3. The second-order valence-corrected chi connectivity index (χ2v) is 7.18. The van der Waals surface area contributed by atoms with Crippen molar-refractivity contribution in [1.29, 1.82) is 0 Å². The number of anilines is 1. The highest BCUT2D eigenvalue weighted by atomic mass is 16.6. The number of hydrogen-bond acceptors (Lipinski definition) is 7. The first kappa shape index (κ1) is 20.0. The Bertz CT molecular complexity index is 1240. The summed E-state index contributed by atoms with van der Waals surface area (Å²) >= 11 is 0. The zero-order valence-corrected chi connectivity index (χ0v) is 16.6. The van der Waals surface area contributed by atoms with Crippen molar-refractivity contribution in [1.82, 2.24) is 5.16 Å². The largest absolute Gasteiger partial charge is 0.507 e. The van der Waals surface area contributed by atoms with Gasteiger partial charge in [-0.15, -0.1) is 0 Å². The van der Waals surface area contributed by atoms with Crippen molar-refractivity contribution >= 4 is 29.0 Å². The van der Waals surface area contributed by atoms with Crippen molar-refractivity contribution in [3.63, 3.8) is 0 Å². The minimum Gasteiger partial charge on any atom is -0.507 e. The van der Waals surface area contributed by atoms with Gasteiger partial charge in [0.15, 0.2) is 5.82 Å². The second-order valence-electron chi connectivity index (χ2n) is 7.18. The number of aliphatic hydroxyl groups excluding tert-OH is 1. The third-order valence-electron chi connectivity index (χ3n) is 5.03. The summed E-state index contributed by atoms with van der Waals surface area (Å²) in [5.74, 6) is -1.74. The van der Waals surface area contributed by atoms with Gasteiger partial charge in [0.05, 0.1) is 16.5 Å². The van der Waals surface area contributed by atoms with Crippen molar-refractivity contribution in [3.05, 3.63) is 92.7 Å². The van der Waals surface area contributed by atoms with E-state index in [9.17, 15) is 24.8 Å². The Labute approximate surface area is 176 Å². The van der Waals surface area contributed by atoms with Crippen LogP contribution in [0.3, 0.4) is 0 Å². The van der Waals surface area contributed by atoms with Crippen LogP contribution in [0.4, 0.5) is 11.5 Å². The van der Waals surface area contributed by atoms with E-state index < -0.39 is 22.7 Å². The summed E-state index contributed by atoms with van der Waals surface area (Å²) in [4.78, 5) is 37.7. The third kappa shape index (κ3) is 3.46. The van der Waals surface area contributed by atoms with Crippen LogP contribution in [0.15, 0.2) is 64.7 Å². The summed E-state index contributed by atoms with van der Waals surface area (Å²) in [5, 5.41) is 26.1. The number of nitrogens with zero attached hydrogens (tertiary/aromatic N) is 3. The molecule has 0 saturated carbocycles. The molecule has 0 radical (unpaired) electrons. The summed E-state index contributed by atoms with van der Waals surface area (Å²) in [6, 6.07) is 12.7. The fourth-order valence-electron chi connectivity index (χ4n) is 3.53. The maximum absolute atomic E-state index is 13.0. The number of carbonyl (C=O) groups excluding carboxylic acids is 2. The van der Waals surface area contributed by atoms with Gasteiger partial charge in [0.2, 0.25) is 0 Å². The molecule has 0 aliphatic carbocycles. The lowest BCUT2D eigenvalue weighted by atomic mass is 9.94. The number of hydrogen-bond donors (Lipinski definition) is 1. The number of amides is 1. The number of ketones is 1. The van der Waals surface area contributed by atoms with Crippen molar-refractivity contribution in [2.24, 2.45) is 0 Å². The standard InChI is InChI=1S/C22H17N3O6/c1-12-6-8-14(9-7-12)20(26)18-19(15-4-3-5-16(11-15)25(29)30)24(22(28)21(18)27)17-10-13(2)31-23-17/h3-11,19,26H,1-2H3/b20-18+. The van der Waals surface area contributed by atoms with E-state index >= 15 is 0 Å². The lowest BCUT2D eigenvalue weighted by Crippen LogP contribution is -2.29. The molecule has 0 spiro atoms. The van der Waals surface area contributed by atoms with Gasteiger partial charge in [0, 0.05) is 23.8 Å². The van der Waals surface area contributed by atoms with Gasteiger partial charge >= 0.3 is 5.91 Å². The third-order valence-corrected chi connectivity index (χ3v) is 5.03. The van der Waals surface area contributed by atoms with Crippen LogP contribution in [0.2, 0.25) is 0 Å². The van der Waals surface area contributed by atoms with E-state index in [4.69, 9.17) is 4.52 Å². The highest BCUT2D eigenvalue weighted by Gasteiger charge is 2.48. The van der Waals surface area contributed by atoms with Crippen LogP contribution < -0.4 is 4.90 Å². The van der Waals surface area contributed by atoms with Crippen LogP contribution >= 0.6 is 0 Å². The SMILES string of the molecule is Cc1ccc(/C(O)=C2\C(=O)C(=O)N(c3cc(C)on3)C2c2cccc([N+](=O)[O-])c2)cc1. The fraction of sp³-hybridized carbons (Fsp3) is 0.136. The summed E-state index contributed by atoms with van der Waals surface area (Å²) in [7, 11) is 0. The summed E-state index contributed by atoms with van der Waals surface area (Å²) in [6.45, 7) is 3.50. The maximum Gasteiger partial charge on any atom is 0.301 e. The zero-order valence-electron chi connectivity index (χ0n) is 16.6. The van der Waals surface area contributed by atoms with Crippen molar-refractivity contribution in [2.45, 2.75) is 19.9 Å². The van der Waals surface area contributed by atoms with Gasteiger partial charge in [0.25, 0.3) is 11.5 Å². The topological polar surface area (TPSA) is 127 Å². The van der Waals surface area contributed by atoms with Gasteiger partial charge in [-0.2, -0.15) is 0 Å². The molecule has 1 N–H and O–H groups in total. The second kappa shape index (κ2) is 7.52. The summed E-state index contributed by atoms with van der Waals surface area (Å²) < 4.78 is 5.06. The summed E-state index contributed by atoms with van der Waals surface area (Å²) in [5.41, 5.74) is 1.17. The number of carbonyl (C=O) groups is 2. The number of rotatable bonds is 4. The van der Waals surface area contributed by atoms with E-state index in [1.807, 2.05) is 6.92 Å². The number of nitro groups is 1. The van der Waals surface area contributed by atoms with E-state index in [0.29, 0.717) is 11.3 Å². The van der Waals surface area contributed by atoms with Crippen LogP contribution in [0.25, 0.3) is 5.76 Å². The lowest BCUT2D eigenvalue weighted by Gasteiger charge is -2.22. The van der Waals surface area contributed by atoms with Gasteiger partial charge in [-0.25, -0.2) is 0 Å². The number of Topliss-reactive ketones (excluding diaryl/α,β-unsaturated/α-hetero) is 1. The molecular formula is C22H17N3O6. The molecule has 2 heterocycles. The molecule has 1 atom stereocenters. The molecule has 2 aromatic carbocycles. The Morgan fingerprint density at radius 1 is 1.13 bits per heavy atom. The van der Waals surface area contributed by atoms with Crippen LogP contribution in [0.5, 0.6) is 0 Å². The van der Waals surface area contributed by atoms with Gasteiger partial charge in [-0.3, -0.25) is 24.6 Å². The normalized spacial score (nSPS) is 17.9. The van der Waals surface area contributed by atoms with E-state index in [0.717, 1.165) is 10.5 Å². The Hall–Kier alpha value is -4.27. The molecule has 9 nitrogen and oxygen atoms in total. The first-order chi connectivity index (χ1) is 14.8. The van der Waals surface area contributed by atoms with Gasteiger partial charge in [-0.05, 0) is 19.4 Å². The maximum atomic E-state index is 13.0. The molecule has 1 aromatic heterocycles. The molecule has 1 amide bonds. The van der Waals surface area contributed by atoms with Crippen LogP contribution in [0, 0.1) is 24.0 Å². The quantitative estimate of drug-likeness (QED) is 0.224. The smallest absolute Gasteiger partial charge is 0.301 e. The Morgan fingerprint density at radius 2 is 1.84 bits per heavy atom. The van der Waals surface area contributed by atoms with E-state index in [1.165, 1.54) is 24.3 Å². The molecule has 31 heavy (non-hydrogen) atoms. The molecule has 1 unspecified atom stereocenters. The number of nitro benzene ring substituents is 1. The van der Waals surface area contributed by atoms with Crippen molar-refractivity contribution < 1.29 is 24.1 Å². The van der Waals surface area contributed by atoms with Gasteiger partial charge < -0.3 is 9.63 Å². The molecular weight excluding hydrogens is 402 g/mol. The molecule has 4 rings (SSSR count). The molecule has 3 aromatic rings. The van der Waals surface area contributed by atoms with E-state index in [-0.39, 0.29) is 28.4 Å². The number of aliphatic hydroxyl groups is 1. The van der Waals surface area contributed by atoms with E-state index in [1.54, 1.807) is 37.3 Å². The molecule has 0 bridgehead atoms. The molecule has 156 valence electrons. The average Bonchev–Trinajstić information content (AvgIpc) is 3.29. The Kier molecular flexibility index (Phi) is 4.86. The van der Waals surface area contributed by atoms with Gasteiger partial charge in [-0.1, -0.05) is 47.1 Å². The molecule has 1 aliphatic heterocycles. The molecule has 1 fully saturated rings. The lowest BCUT2D eigenvalue weighted by molar-refractivity contribution is -0.384. The van der Waals surface area contributed by atoms with Crippen LogP contribution in [-0.4, -0.2) is 26.9 Å². The molecule has 1 saturated heterocycles. The Balaban J connectivity index is 1.96. The highest BCUT2D eigenvalue weighted by molar-refractivity contribution is 6.51. The van der Waals surface area contributed by atoms with Crippen LogP contribution in [0.1, 0.15) is 28.5 Å². The number of non-ortho nitro benzene ring substituents is 1. The minimum absolute atomic E-state index is 0.0686.